The van der Waals surface area contributed by atoms with E-state index in [-0.39, 0.29) is 18.5 Å². The normalized spacial score (nSPS) is 16.1. The maximum Gasteiger partial charge on any atom is 0.302 e. The molecule has 0 aliphatic rings. The van der Waals surface area contributed by atoms with Gasteiger partial charge in [0, 0.05) is 12.8 Å². The second-order valence-electron chi connectivity index (χ2n) is 4.29. The Hall–Kier alpha value is -1.83. The number of aliphatic hydroxyl groups excluding tert-OH is 2. The molecule has 0 aliphatic carbocycles. The van der Waals surface area contributed by atoms with Crippen molar-refractivity contribution >= 4 is 5.97 Å². The lowest BCUT2D eigenvalue weighted by molar-refractivity contribution is -0.141. The molecule has 0 saturated carbocycles. The number of carbonyl (C=O) groups excluding carboxylic acids is 1. The third-order valence-electron chi connectivity index (χ3n) is 2.25. The van der Waals surface area contributed by atoms with Crippen molar-refractivity contribution in [3.63, 3.8) is 0 Å². The highest BCUT2D eigenvalue weighted by atomic mass is 16.5. The number of carbonyl (C=O) groups is 1. The molecule has 0 amide bonds. The van der Waals surface area contributed by atoms with E-state index in [0.29, 0.717) is 0 Å². The van der Waals surface area contributed by atoms with Gasteiger partial charge in [-0.3, -0.25) is 4.79 Å². The van der Waals surface area contributed by atoms with Gasteiger partial charge in [0.05, 0.1) is 6.61 Å². The second kappa shape index (κ2) is 11.0. The lowest BCUT2D eigenvalue weighted by atomic mass is 10.1. The predicted octanol–water partition coefficient (Wildman–Crippen LogP) is 1.60. The quantitative estimate of drug-likeness (QED) is 0.440. The summed E-state index contributed by atoms with van der Waals surface area (Å²) in [6, 6.07) is 0. The zero-order valence-corrected chi connectivity index (χ0v) is 12.1. The van der Waals surface area contributed by atoms with Crippen LogP contribution >= 0.6 is 0 Å². The fourth-order valence-electron chi connectivity index (χ4n) is 1.16. The van der Waals surface area contributed by atoms with Gasteiger partial charge in [-0.1, -0.05) is 37.0 Å². The van der Waals surface area contributed by atoms with E-state index >= 15 is 0 Å². The average Bonchev–Trinajstić information content (AvgIpc) is 2.41. The van der Waals surface area contributed by atoms with Gasteiger partial charge < -0.3 is 14.9 Å². The predicted molar refractivity (Wildman–Crippen MR) is 78.7 cm³/mol. The van der Waals surface area contributed by atoms with Gasteiger partial charge in [-0.05, 0) is 25.2 Å². The van der Waals surface area contributed by atoms with E-state index in [0.717, 1.165) is 0 Å². The summed E-state index contributed by atoms with van der Waals surface area (Å²) in [6.45, 7) is 5.30. The van der Waals surface area contributed by atoms with Crippen molar-refractivity contribution in [2.24, 2.45) is 5.92 Å². The van der Waals surface area contributed by atoms with Crippen LogP contribution in [0.1, 0.15) is 20.8 Å². The maximum atomic E-state index is 10.6. The largest absolute Gasteiger partial charge is 0.465 e. The Morgan fingerprint density at radius 3 is 2.35 bits per heavy atom. The fraction of sp³-hybridized carbons (Fsp3) is 0.438. The highest BCUT2D eigenvalue weighted by Crippen LogP contribution is 2.03. The van der Waals surface area contributed by atoms with Crippen LogP contribution in [0.15, 0.2) is 36.5 Å². The molecule has 0 heterocycles. The monoisotopic (exact) mass is 278 g/mol. The van der Waals surface area contributed by atoms with Crippen molar-refractivity contribution in [3.05, 3.63) is 36.5 Å². The third-order valence-corrected chi connectivity index (χ3v) is 2.25. The topological polar surface area (TPSA) is 66.8 Å². The number of esters is 1. The first kappa shape index (κ1) is 18.2. The summed E-state index contributed by atoms with van der Waals surface area (Å²) in [5.74, 6) is 5.06. The molecule has 0 saturated heterocycles. The first-order chi connectivity index (χ1) is 9.47. The van der Waals surface area contributed by atoms with Crippen LogP contribution in [-0.4, -0.2) is 35.0 Å². The van der Waals surface area contributed by atoms with E-state index in [4.69, 9.17) is 4.74 Å². The molecule has 0 fully saturated rings. The van der Waals surface area contributed by atoms with Crippen molar-refractivity contribution in [2.45, 2.75) is 33.0 Å². The van der Waals surface area contributed by atoms with E-state index in [1.54, 1.807) is 18.2 Å². The Bertz CT molecular complexity index is 423. The van der Waals surface area contributed by atoms with Crippen molar-refractivity contribution in [3.8, 4) is 11.8 Å². The summed E-state index contributed by atoms with van der Waals surface area (Å²) < 4.78 is 4.83. The van der Waals surface area contributed by atoms with Crippen LogP contribution in [0.5, 0.6) is 0 Å². The Kier molecular flexibility index (Phi) is 10.0. The van der Waals surface area contributed by atoms with Crippen LogP contribution in [0.2, 0.25) is 0 Å². The van der Waals surface area contributed by atoms with Gasteiger partial charge in [0.25, 0.3) is 0 Å². The van der Waals surface area contributed by atoms with E-state index in [1.807, 2.05) is 13.8 Å². The van der Waals surface area contributed by atoms with Crippen LogP contribution in [-0.2, 0) is 9.53 Å². The van der Waals surface area contributed by atoms with Crippen molar-refractivity contribution in [1.82, 2.24) is 0 Å². The summed E-state index contributed by atoms with van der Waals surface area (Å²) in [5, 5.41) is 19.3. The molecule has 0 aromatic heterocycles. The van der Waals surface area contributed by atoms with Crippen LogP contribution in [0, 0.1) is 17.8 Å². The Balaban J connectivity index is 4.21. The molecule has 20 heavy (non-hydrogen) atoms. The van der Waals surface area contributed by atoms with Crippen molar-refractivity contribution < 1.29 is 19.7 Å². The smallest absolute Gasteiger partial charge is 0.302 e. The molecule has 0 bridgehead atoms. The Morgan fingerprint density at radius 2 is 1.75 bits per heavy atom. The molecular weight excluding hydrogens is 256 g/mol. The fourth-order valence-corrected chi connectivity index (χ4v) is 1.16. The Labute approximate surface area is 120 Å². The van der Waals surface area contributed by atoms with Crippen LogP contribution < -0.4 is 0 Å². The first-order valence-electron chi connectivity index (χ1n) is 6.44. The molecule has 0 spiro atoms. The summed E-state index contributed by atoms with van der Waals surface area (Å²) in [5.41, 5.74) is 0. The number of allylic oxidation sites excluding steroid dienone is 3. The minimum absolute atomic E-state index is 0.0285. The SMILES string of the molecule is C/C=C/C#C/C=C/C(O)C(O)/C=C/C(C)COC(C)=O. The molecule has 0 aliphatic heterocycles. The molecule has 2 N–H and O–H groups in total. The molecule has 110 valence electrons. The van der Waals surface area contributed by atoms with Crippen LogP contribution in [0.25, 0.3) is 0 Å². The third kappa shape index (κ3) is 10.1. The molecule has 0 rings (SSSR count). The summed E-state index contributed by atoms with van der Waals surface area (Å²) in [4.78, 5) is 10.6. The van der Waals surface area contributed by atoms with Gasteiger partial charge in [-0.25, -0.2) is 0 Å². The number of hydrogen-bond donors (Lipinski definition) is 2. The second-order valence-corrected chi connectivity index (χ2v) is 4.29. The van der Waals surface area contributed by atoms with Gasteiger partial charge in [0.15, 0.2) is 0 Å². The standard InChI is InChI=1S/C16H22O4/c1-4-5-6-7-8-9-15(18)16(19)11-10-13(2)12-20-14(3)17/h4-5,8-11,13,15-16,18-19H,12H2,1-3H3/b5-4+,9-8+,11-10+. The van der Waals surface area contributed by atoms with Crippen LogP contribution in [0.3, 0.4) is 0 Å². The molecule has 0 aromatic carbocycles. The number of aliphatic hydroxyl groups is 2. The van der Waals surface area contributed by atoms with E-state index < -0.39 is 12.2 Å². The molecule has 3 atom stereocenters. The molecule has 0 radical (unpaired) electrons. The Morgan fingerprint density at radius 1 is 1.15 bits per heavy atom. The number of hydrogen-bond acceptors (Lipinski definition) is 4. The number of ether oxygens (including phenoxy) is 1. The molecule has 0 aromatic rings. The average molecular weight is 278 g/mol. The summed E-state index contributed by atoms with van der Waals surface area (Å²) >= 11 is 0. The first-order valence-corrected chi connectivity index (χ1v) is 6.44. The number of rotatable bonds is 6. The van der Waals surface area contributed by atoms with Crippen molar-refractivity contribution in [1.29, 1.82) is 0 Å². The van der Waals surface area contributed by atoms with E-state index in [1.165, 1.54) is 25.2 Å². The van der Waals surface area contributed by atoms with Crippen LogP contribution in [0.4, 0.5) is 0 Å². The van der Waals surface area contributed by atoms with Gasteiger partial charge in [0.1, 0.15) is 12.2 Å². The lowest BCUT2D eigenvalue weighted by Crippen LogP contribution is -2.21. The zero-order chi connectivity index (χ0) is 15.4. The van der Waals surface area contributed by atoms with Gasteiger partial charge in [0.2, 0.25) is 0 Å². The summed E-state index contributed by atoms with van der Waals surface area (Å²) in [6.07, 6.45) is 7.52. The van der Waals surface area contributed by atoms with Gasteiger partial charge >= 0.3 is 5.97 Å². The highest BCUT2D eigenvalue weighted by molar-refractivity contribution is 5.65. The summed E-state index contributed by atoms with van der Waals surface area (Å²) in [7, 11) is 0. The minimum Gasteiger partial charge on any atom is -0.465 e. The lowest BCUT2D eigenvalue weighted by Gasteiger charge is -2.11. The molecule has 4 nitrogen and oxygen atoms in total. The molecular formula is C16H22O4. The highest BCUT2D eigenvalue weighted by Gasteiger charge is 2.09. The van der Waals surface area contributed by atoms with Gasteiger partial charge in [-0.15, -0.1) is 0 Å². The zero-order valence-electron chi connectivity index (χ0n) is 12.1. The molecule has 4 heteroatoms. The van der Waals surface area contributed by atoms with Crippen molar-refractivity contribution in [2.75, 3.05) is 6.61 Å². The van der Waals surface area contributed by atoms with E-state index in [2.05, 4.69) is 11.8 Å². The minimum atomic E-state index is -1.02. The molecule has 3 unspecified atom stereocenters. The van der Waals surface area contributed by atoms with Gasteiger partial charge in [-0.2, -0.15) is 0 Å². The maximum absolute atomic E-state index is 10.6. The van der Waals surface area contributed by atoms with E-state index in [9.17, 15) is 15.0 Å².